The third kappa shape index (κ3) is 3.85. The van der Waals surface area contributed by atoms with Crippen LogP contribution < -0.4 is 5.32 Å². The maximum absolute atomic E-state index is 12.3. The van der Waals surface area contributed by atoms with Gasteiger partial charge in [-0.15, -0.1) is 0 Å². The first kappa shape index (κ1) is 15.6. The lowest BCUT2D eigenvalue weighted by Crippen LogP contribution is -2.50. The molecule has 1 aliphatic rings. The molecule has 22 heavy (non-hydrogen) atoms. The van der Waals surface area contributed by atoms with Crippen molar-refractivity contribution in [3.05, 3.63) is 42.1 Å². The fourth-order valence-corrected chi connectivity index (χ4v) is 2.23. The predicted molar refractivity (Wildman–Crippen MR) is 82.6 cm³/mol. The van der Waals surface area contributed by atoms with Crippen LogP contribution in [0.4, 0.5) is 5.69 Å². The standard InChI is InChI=1S/C16H18N4O2/c1-13(21)19-7-9-20(10-8-19)16(22)14(11-17)12-18-15-5-3-2-4-6-15/h2-6,12,18H,7-10H2,1H3/b14-12-. The molecule has 0 radical (unpaired) electrons. The van der Waals surface area contributed by atoms with Gasteiger partial charge in [0, 0.05) is 45.0 Å². The molecule has 2 rings (SSSR count). The Kier molecular flexibility index (Phi) is 5.15. The minimum absolute atomic E-state index is 0.00823. The smallest absolute Gasteiger partial charge is 0.266 e. The molecule has 0 aliphatic carbocycles. The van der Waals surface area contributed by atoms with Crippen molar-refractivity contribution in [2.45, 2.75) is 6.92 Å². The molecule has 6 nitrogen and oxygen atoms in total. The summed E-state index contributed by atoms with van der Waals surface area (Å²) in [4.78, 5) is 26.9. The zero-order valence-corrected chi connectivity index (χ0v) is 12.5. The van der Waals surface area contributed by atoms with E-state index < -0.39 is 0 Å². The Labute approximate surface area is 129 Å². The van der Waals surface area contributed by atoms with Gasteiger partial charge in [-0.1, -0.05) is 18.2 Å². The van der Waals surface area contributed by atoms with Crippen molar-refractivity contribution in [3.63, 3.8) is 0 Å². The zero-order valence-electron chi connectivity index (χ0n) is 12.5. The predicted octanol–water partition coefficient (Wildman–Crippen LogP) is 1.20. The van der Waals surface area contributed by atoms with E-state index in [4.69, 9.17) is 0 Å². The molecule has 0 unspecified atom stereocenters. The normalized spacial score (nSPS) is 15.2. The van der Waals surface area contributed by atoms with Crippen LogP contribution in [0.25, 0.3) is 0 Å². The third-order valence-corrected chi connectivity index (χ3v) is 3.52. The second kappa shape index (κ2) is 7.27. The van der Waals surface area contributed by atoms with Crippen molar-refractivity contribution in [1.29, 1.82) is 5.26 Å². The summed E-state index contributed by atoms with van der Waals surface area (Å²) in [7, 11) is 0. The highest BCUT2D eigenvalue weighted by Crippen LogP contribution is 2.09. The van der Waals surface area contributed by atoms with E-state index in [0.29, 0.717) is 26.2 Å². The van der Waals surface area contributed by atoms with Gasteiger partial charge in [0.2, 0.25) is 5.91 Å². The van der Waals surface area contributed by atoms with E-state index in [1.54, 1.807) is 9.80 Å². The Morgan fingerprint density at radius 1 is 1.14 bits per heavy atom. The number of para-hydroxylation sites is 1. The summed E-state index contributed by atoms with van der Waals surface area (Å²) in [5, 5.41) is 12.1. The van der Waals surface area contributed by atoms with E-state index in [9.17, 15) is 14.9 Å². The first-order valence-electron chi connectivity index (χ1n) is 7.08. The van der Waals surface area contributed by atoms with Gasteiger partial charge in [-0.2, -0.15) is 5.26 Å². The van der Waals surface area contributed by atoms with Crippen LogP contribution in [0.15, 0.2) is 42.1 Å². The molecule has 0 bridgehead atoms. The number of nitrogens with zero attached hydrogens (tertiary/aromatic N) is 3. The SMILES string of the molecule is CC(=O)N1CCN(C(=O)/C(C#N)=C\Nc2ccccc2)CC1. The van der Waals surface area contributed by atoms with Crippen LogP contribution in [0.5, 0.6) is 0 Å². The van der Waals surface area contributed by atoms with E-state index in [2.05, 4.69) is 5.32 Å². The number of piperazine rings is 1. The quantitative estimate of drug-likeness (QED) is 0.672. The summed E-state index contributed by atoms with van der Waals surface area (Å²) in [5.74, 6) is -0.303. The van der Waals surface area contributed by atoms with E-state index in [1.165, 1.54) is 13.1 Å². The number of carbonyl (C=O) groups is 2. The Hall–Kier alpha value is -2.81. The van der Waals surface area contributed by atoms with Crippen LogP contribution >= 0.6 is 0 Å². The van der Waals surface area contributed by atoms with Crippen LogP contribution in [0.3, 0.4) is 0 Å². The Balaban J connectivity index is 1.98. The molecule has 6 heteroatoms. The minimum Gasteiger partial charge on any atom is -0.360 e. The number of hydrogen-bond acceptors (Lipinski definition) is 4. The van der Waals surface area contributed by atoms with Gasteiger partial charge in [0.15, 0.2) is 0 Å². The van der Waals surface area contributed by atoms with E-state index in [-0.39, 0.29) is 17.4 Å². The molecule has 1 aromatic carbocycles. The molecule has 1 fully saturated rings. The van der Waals surface area contributed by atoms with Crippen molar-refractivity contribution in [3.8, 4) is 6.07 Å². The average molecular weight is 298 g/mol. The number of rotatable bonds is 3. The maximum atomic E-state index is 12.3. The van der Waals surface area contributed by atoms with Gasteiger partial charge in [-0.25, -0.2) is 0 Å². The molecule has 1 saturated heterocycles. The first-order valence-corrected chi connectivity index (χ1v) is 7.08. The molecule has 114 valence electrons. The number of carbonyl (C=O) groups excluding carboxylic acids is 2. The van der Waals surface area contributed by atoms with Crippen molar-refractivity contribution in [1.82, 2.24) is 9.80 Å². The molecule has 1 N–H and O–H groups in total. The van der Waals surface area contributed by atoms with Gasteiger partial charge in [0.1, 0.15) is 11.6 Å². The zero-order chi connectivity index (χ0) is 15.9. The monoisotopic (exact) mass is 298 g/mol. The van der Waals surface area contributed by atoms with Crippen LogP contribution in [-0.4, -0.2) is 47.8 Å². The topological polar surface area (TPSA) is 76.4 Å². The number of hydrogen-bond donors (Lipinski definition) is 1. The largest absolute Gasteiger partial charge is 0.360 e. The number of nitrogens with one attached hydrogen (secondary N) is 1. The molecule has 0 saturated carbocycles. The lowest BCUT2D eigenvalue weighted by Gasteiger charge is -2.34. The molecular formula is C16H18N4O2. The average Bonchev–Trinajstić information content (AvgIpc) is 2.56. The molecule has 0 atom stereocenters. The van der Waals surface area contributed by atoms with Crippen LogP contribution in [0, 0.1) is 11.3 Å². The Morgan fingerprint density at radius 3 is 2.27 bits per heavy atom. The number of benzene rings is 1. The fraction of sp³-hybridized carbons (Fsp3) is 0.312. The fourth-order valence-electron chi connectivity index (χ4n) is 2.23. The summed E-state index contributed by atoms with van der Waals surface area (Å²) in [6.07, 6.45) is 1.43. The molecule has 1 aromatic rings. The Bertz CT molecular complexity index is 611. The highest BCUT2D eigenvalue weighted by Gasteiger charge is 2.24. The second-order valence-corrected chi connectivity index (χ2v) is 4.98. The van der Waals surface area contributed by atoms with Gasteiger partial charge in [0.05, 0.1) is 0 Å². The third-order valence-electron chi connectivity index (χ3n) is 3.52. The molecule has 0 spiro atoms. The van der Waals surface area contributed by atoms with Gasteiger partial charge >= 0.3 is 0 Å². The summed E-state index contributed by atoms with van der Waals surface area (Å²) in [6.45, 7) is 3.42. The number of nitriles is 1. The number of anilines is 1. The van der Waals surface area contributed by atoms with E-state index in [0.717, 1.165) is 5.69 Å². The Morgan fingerprint density at radius 2 is 1.73 bits per heavy atom. The van der Waals surface area contributed by atoms with Crippen LogP contribution in [-0.2, 0) is 9.59 Å². The molecule has 1 heterocycles. The van der Waals surface area contributed by atoms with Crippen molar-refractivity contribution < 1.29 is 9.59 Å². The maximum Gasteiger partial charge on any atom is 0.266 e. The molecular weight excluding hydrogens is 280 g/mol. The van der Waals surface area contributed by atoms with Crippen LogP contribution in [0.2, 0.25) is 0 Å². The summed E-state index contributed by atoms with van der Waals surface area (Å²) in [6, 6.07) is 11.2. The molecule has 0 aromatic heterocycles. The summed E-state index contributed by atoms with van der Waals surface area (Å²) < 4.78 is 0. The van der Waals surface area contributed by atoms with Gasteiger partial charge in [-0.3, -0.25) is 9.59 Å². The van der Waals surface area contributed by atoms with Gasteiger partial charge in [0.25, 0.3) is 5.91 Å². The van der Waals surface area contributed by atoms with Crippen molar-refractivity contribution in [2.24, 2.45) is 0 Å². The highest BCUT2D eigenvalue weighted by molar-refractivity contribution is 5.97. The minimum atomic E-state index is -0.311. The first-order chi connectivity index (χ1) is 10.6. The highest BCUT2D eigenvalue weighted by atomic mass is 16.2. The van der Waals surface area contributed by atoms with Crippen molar-refractivity contribution >= 4 is 17.5 Å². The van der Waals surface area contributed by atoms with Crippen LogP contribution in [0.1, 0.15) is 6.92 Å². The summed E-state index contributed by atoms with van der Waals surface area (Å²) in [5.41, 5.74) is 0.865. The molecule has 2 amide bonds. The van der Waals surface area contributed by atoms with Crippen molar-refractivity contribution in [2.75, 3.05) is 31.5 Å². The number of amides is 2. The molecule has 1 aliphatic heterocycles. The van der Waals surface area contributed by atoms with Gasteiger partial charge < -0.3 is 15.1 Å². The summed E-state index contributed by atoms with van der Waals surface area (Å²) >= 11 is 0. The van der Waals surface area contributed by atoms with E-state index in [1.807, 2.05) is 36.4 Å². The lowest BCUT2D eigenvalue weighted by atomic mass is 10.2. The van der Waals surface area contributed by atoms with Gasteiger partial charge in [-0.05, 0) is 12.1 Å². The second-order valence-electron chi connectivity index (χ2n) is 4.98. The van der Waals surface area contributed by atoms with E-state index >= 15 is 0 Å². The lowest BCUT2D eigenvalue weighted by molar-refractivity contribution is -0.136.